The summed E-state index contributed by atoms with van der Waals surface area (Å²) in [6.45, 7) is 7.29. The molecule has 6 heteroatoms. The van der Waals surface area contributed by atoms with Crippen LogP contribution in [0.3, 0.4) is 0 Å². The van der Waals surface area contributed by atoms with Crippen molar-refractivity contribution in [1.29, 1.82) is 0 Å². The number of ether oxygens (including phenoxy) is 1. The number of morpholine rings is 1. The van der Waals surface area contributed by atoms with Crippen molar-refractivity contribution >= 4 is 17.3 Å². The first-order chi connectivity index (χ1) is 15.7. The molecule has 4 aliphatic rings. The van der Waals surface area contributed by atoms with Gasteiger partial charge in [0.25, 0.3) is 0 Å². The van der Waals surface area contributed by atoms with E-state index in [-0.39, 0.29) is 5.91 Å². The van der Waals surface area contributed by atoms with Gasteiger partial charge >= 0.3 is 0 Å². The molecule has 0 unspecified atom stereocenters. The molecule has 0 aromatic heterocycles. The molecule has 1 amide bonds. The van der Waals surface area contributed by atoms with Crippen LogP contribution in [0.25, 0.3) is 0 Å². The van der Waals surface area contributed by atoms with Gasteiger partial charge in [0, 0.05) is 49.5 Å². The number of likely N-dealkylation sites (tertiary alicyclic amines) is 1. The molecule has 1 aromatic carbocycles. The minimum absolute atomic E-state index is 0.142. The SMILES string of the molecule is CN1C[C@@H]2CCCN3CCC[C@@H]([C@H]23)[C@H]1CCCC(=O)Nc1ccc(N2CCOCC2)cc1. The minimum atomic E-state index is 0.142. The fourth-order valence-electron chi connectivity index (χ4n) is 6.91. The van der Waals surface area contributed by atoms with Gasteiger partial charge in [0.2, 0.25) is 5.91 Å². The standard InChI is InChI=1S/C26H40N4O2/c1-28-19-20-5-3-13-30-14-4-6-23(26(20)30)24(28)7-2-8-25(31)27-21-9-11-22(12-10-21)29-15-17-32-18-16-29/h9-12,20,23-24,26H,2-8,13-19H2,1H3,(H,27,31)/t20-,23+,24+,26-/m0/s1. The molecule has 4 heterocycles. The lowest BCUT2D eigenvalue weighted by molar-refractivity contribution is -0.116. The molecular formula is C26H40N4O2. The van der Waals surface area contributed by atoms with Gasteiger partial charge in [0.05, 0.1) is 13.2 Å². The lowest BCUT2D eigenvalue weighted by Gasteiger charge is -2.57. The Kier molecular flexibility index (Phi) is 7.00. The lowest BCUT2D eigenvalue weighted by Crippen LogP contribution is -2.63. The number of nitrogens with zero attached hydrogens (tertiary/aromatic N) is 3. The van der Waals surface area contributed by atoms with Crippen LogP contribution in [-0.4, -0.2) is 80.8 Å². The van der Waals surface area contributed by atoms with Crippen LogP contribution in [0.5, 0.6) is 0 Å². The number of hydrogen-bond donors (Lipinski definition) is 1. The maximum atomic E-state index is 12.6. The predicted molar refractivity (Wildman–Crippen MR) is 129 cm³/mol. The van der Waals surface area contributed by atoms with Gasteiger partial charge in [-0.3, -0.25) is 9.69 Å². The summed E-state index contributed by atoms with van der Waals surface area (Å²) in [7, 11) is 2.32. The fourth-order valence-corrected chi connectivity index (χ4v) is 6.91. The van der Waals surface area contributed by atoms with Crippen LogP contribution in [-0.2, 0) is 9.53 Å². The molecule has 4 saturated heterocycles. The predicted octanol–water partition coefficient (Wildman–Crippen LogP) is 3.44. The first-order valence-corrected chi connectivity index (χ1v) is 12.9. The Hall–Kier alpha value is -1.63. The van der Waals surface area contributed by atoms with Crippen molar-refractivity contribution in [2.24, 2.45) is 11.8 Å². The van der Waals surface area contributed by atoms with Gasteiger partial charge in [0.1, 0.15) is 0 Å². The number of amides is 1. The number of anilines is 2. The van der Waals surface area contributed by atoms with Crippen molar-refractivity contribution < 1.29 is 9.53 Å². The highest BCUT2D eigenvalue weighted by Crippen LogP contribution is 2.42. The zero-order valence-electron chi connectivity index (χ0n) is 19.7. The molecule has 176 valence electrons. The zero-order chi connectivity index (χ0) is 21.9. The van der Waals surface area contributed by atoms with E-state index < -0.39 is 0 Å². The normalized spacial score (nSPS) is 31.2. The molecular weight excluding hydrogens is 400 g/mol. The number of rotatable bonds is 6. The van der Waals surface area contributed by atoms with Gasteiger partial charge in [-0.15, -0.1) is 0 Å². The molecule has 0 bridgehead atoms. The summed E-state index contributed by atoms with van der Waals surface area (Å²) in [5, 5.41) is 3.11. The van der Waals surface area contributed by atoms with E-state index in [1.54, 1.807) is 0 Å². The Balaban J connectivity index is 1.10. The minimum Gasteiger partial charge on any atom is -0.378 e. The van der Waals surface area contributed by atoms with Gasteiger partial charge in [-0.2, -0.15) is 0 Å². The average Bonchev–Trinajstić information content (AvgIpc) is 2.82. The Bertz CT molecular complexity index is 762. The van der Waals surface area contributed by atoms with Crippen LogP contribution < -0.4 is 10.2 Å². The molecule has 6 nitrogen and oxygen atoms in total. The van der Waals surface area contributed by atoms with E-state index >= 15 is 0 Å². The van der Waals surface area contributed by atoms with E-state index in [0.29, 0.717) is 12.5 Å². The topological polar surface area (TPSA) is 48.0 Å². The van der Waals surface area contributed by atoms with E-state index in [9.17, 15) is 4.79 Å². The number of carbonyl (C=O) groups is 1. The monoisotopic (exact) mass is 440 g/mol. The van der Waals surface area contributed by atoms with Gasteiger partial charge in [-0.05, 0) is 94.8 Å². The van der Waals surface area contributed by atoms with Gasteiger partial charge in [-0.1, -0.05) is 0 Å². The highest BCUT2D eigenvalue weighted by Gasteiger charge is 2.47. The molecule has 0 radical (unpaired) electrons. The summed E-state index contributed by atoms with van der Waals surface area (Å²) in [5.41, 5.74) is 2.10. The fraction of sp³-hybridized carbons (Fsp3) is 0.731. The molecule has 4 atom stereocenters. The second-order valence-corrected chi connectivity index (χ2v) is 10.3. The average molecular weight is 441 g/mol. The van der Waals surface area contributed by atoms with Crippen LogP contribution in [0.15, 0.2) is 24.3 Å². The van der Waals surface area contributed by atoms with E-state index in [1.807, 2.05) is 12.1 Å². The Morgan fingerprint density at radius 3 is 2.59 bits per heavy atom. The number of piperidine rings is 3. The lowest BCUT2D eigenvalue weighted by atomic mass is 9.69. The Morgan fingerprint density at radius 2 is 1.81 bits per heavy atom. The summed E-state index contributed by atoms with van der Waals surface area (Å²) >= 11 is 0. The van der Waals surface area contributed by atoms with Crippen LogP contribution in [0, 0.1) is 11.8 Å². The highest BCUT2D eigenvalue weighted by molar-refractivity contribution is 5.90. The maximum Gasteiger partial charge on any atom is 0.224 e. The molecule has 0 saturated carbocycles. The number of benzene rings is 1. The second kappa shape index (κ2) is 10.1. The van der Waals surface area contributed by atoms with Crippen molar-refractivity contribution in [2.45, 2.75) is 57.0 Å². The van der Waals surface area contributed by atoms with Gasteiger partial charge < -0.3 is 19.9 Å². The van der Waals surface area contributed by atoms with E-state index in [4.69, 9.17) is 4.74 Å². The maximum absolute atomic E-state index is 12.6. The third-order valence-electron chi connectivity index (χ3n) is 8.36. The van der Waals surface area contributed by atoms with Crippen LogP contribution >= 0.6 is 0 Å². The number of carbonyl (C=O) groups excluding carboxylic acids is 1. The van der Waals surface area contributed by atoms with Crippen molar-refractivity contribution in [2.75, 3.05) is 63.2 Å². The van der Waals surface area contributed by atoms with Crippen molar-refractivity contribution in [3.8, 4) is 0 Å². The highest BCUT2D eigenvalue weighted by atomic mass is 16.5. The van der Waals surface area contributed by atoms with E-state index in [0.717, 1.165) is 62.7 Å². The quantitative estimate of drug-likeness (QED) is 0.734. The van der Waals surface area contributed by atoms with Crippen LogP contribution in [0.1, 0.15) is 44.9 Å². The summed E-state index contributed by atoms with van der Waals surface area (Å²) in [6, 6.07) is 9.70. The Morgan fingerprint density at radius 1 is 1.06 bits per heavy atom. The molecule has 4 aliphatic heterocycles. The van der Waals surface area contributed by atoms with Crippen molar-refractivity contribution in [3.05, 3.63) is 24.3 Å². The first-order valence-electron chi connectivity index (χ1n) is 12.9. The molecule has 4 fully saturated rings. The largest absolute Gasteiger partial charge is 0.378 e. The van der Waals surface area contributed by atoms with E-state index in [2.05, 4.69) is 39.2 Å². The van der Waals surface area contributed by atoms with Crippen molar-refractivity contribution in [3.63, 3.8) is 0 Å². The number of nitrogens with one attached hydrogen (secondary N) is 1. The van der Waals surface area contributed by atoms with Gasteiger partial charge in [-0.25, -0.2) is 0 Å². The third kappa shape index (κ3) is 4.82. The molecule has 1 aromatic rings. The van der Waals surface area contributed by atoms with Crippen LogP contribution in [0.4, 0.5) is 11.4 Å². The number of hydrogen-bond acceptors (Lipinski definition) is 5. The summed E-state index contributed by atoms with van der Waals surface area (Å²) in [4.78, 5) is 20.4. The van der Waals surface area contributed by atoms with Crippen LogP contribution in [0.2, 0.25) is 0 Å². The third-order valence-corrected chi connectivity index (χ3v) is 8.36. The molecule has 5 rings (SSSR count). The molecule has 0 aliphatic carbocycles. The second-order valence-electron chi connectivity index (χ2n) is 10.3. The summed E-state index contributed by atoms with van der Waals surface area (Å²) in [6.07, 6.45) is 8.22. The zero-order valence-corrected chi connectivity index (χ0v) is 19.7. The summed E-state index contributed by atoms with van der Waals surface area (Å²) < 4.78 is 5.43. The van der Waals surface area contributed by atoms with E-state index in [1.165, 1.54) is 51.0 Å². The van der Waals surface area contributed by atoms with Gasteiger partial charge in [0.15, 0.2) is 0 Å². The molecule has 32 heavy (non-hydrogen) atoms. The first kappa shape index (κ1) is 22.2. The smallest absolute Gasteiger partial charge is 0.224 e. The summed E-state index contributed by atoms with van der Waals surface area (Å²) in [5.74, 6) is 1.80. The Labute approximate surface area is 193 Å². The molecule has 1 N–H and O–H groups in total. The van der Waals surface area contributed by atoms with Crippen molar-refractivity contribution in [1.82, 2.24) is 9.80 Å². The molecule has 0 spiro atoms.